The van der Waals surface area contributed by atoms with E-state index in [0.29, 0.717) is 6.04 Å². The van der Waals surface area contributed by atoms with Crippen LogP contribution in [0, 0.1) is 5.82 Å². The highest BCUT2D eigenvalue weighted by Gasteiger charge is 2.24. The van der Waals surface area contributed by atoms with E-state index in [1.165, 1.54) is 17.7 Å². The molecule has 1 saturated heterocycles. The molecule has 4 nitrogen and oxygen atoms in total. The second kappa shape index (κ2) is 8.50. The number of rotatable bonds is 5. The number of hydrogen-bond donors (Lipinski definition) is 2. The number of halogens is 1. The first-order valence-corrected chi connectivity index (χ1v) is 11.3. The van der Waals surface area contributed by atoms with Crippen LogP contribution < -0.4 is 10.2 Å². The number of anilines is 1. The molecule has 6 heteroatoms. The highest BCUT2D eigenvalue weighted by molar-refractivity contribution is 7.17. The van der Waals surface area contributed by atoms with Gasteiger partial charge in [0.2, 0.25) is 0 Å². The monoisotopic (exact) mass is 419 g/mol. The Morgan fingerprint density at radius 3 is 2.53 bits per heavy atom. The van der Waals surface area contributed by atoms with Gasteiger partial charge in [0.25, 0.3) is 0 Å². The van der Waals surface area contributed by atoms with E-state index in [1.54, 1.807) is 22.6 Å². The van der Waals surface area contributed by atoms with Gasteiger partial charge in [-0.25, -0.2) is 14.4 Å². The Balaban J connectivity index is 1.31. The minimum Gasteiger partial charge on any atom is -0.366 e. The van der Waals surface area contributed by atoms with Crippen LogP contribution in [0.2, 0.25) is 0 Å². The topological polar surface area (TPSA) is 42.2 Å². The van der Waals surface area contributed by atoms with Crippen LogP contribution in [0.15, 0.2) is 66.3 Å². The van der Waals surface area contributed by atoms with Crippen molar-refractivity contribution in [1.82, 2.24) is 9.97 Å². The third-order valence-corrected chi connectivity index (χ3v) is 6.74. The summed E-state index contributed by atoms with van der Waals surface area (Å²) in [4.78, 5) is 11.6. The van der Waals surface area contributed by atoms with E-state index in [2.05, 4.69) is 51.0 Å². The van der Waals surface area contributed by atoms with Gasteiger partial charge in [-0.2, -0.15) is 0 Å². The van der Waals surface area contributed by atoms with E-state index < -0.39 is 0 Å². The fourth-order valence-corrected chi connectivity index (χ4v) is 5.17. The standard InChI is InChI=1S/C24H23FN4S/c25-19-8-6-18(7-9-19)21-15-30-24-22(21)23(26-16-27-24)28-20-10-12-29(13-11-20)14-17-4-2-1-3-5-17/h1-9,15-16,20H,10-14H2,(H,26,27,28)/p+1. The number of thiophene rings is 1. The molecule has 2 aromatic carbocycles. The van der Waals surface area contributed by atoms with Gasteiger partial charge in [0.05, 0.1) is 18.5 Å². The molecule has 0 bridgehead atoms. The minimum atomic E-state index is -0.224. The van der Waals surface area contributed by atoms with Crippen molar-refractivity contribution in [1.29, 1.82) is 0 Å². The van der Waals surface area contributed by atoms with Crippen LogP contribution in [0.25, 0.3) is 21.3 Å². The molecule has 5 rings (SSSR count). The summed E-state index contributed by atoms with van der Waals surface area (Å²) in [7, 11) is 0. The van der Waals surface area contributed by atoms with Crippen molar-refractivity contribution in [2.24, 2.45) is 0 Å². The molecule has 0 saturated carbocycles. The molecule has 1 fully saturated rings. The van der Waals surface area contributed by atoms with E-state index in [1.807, 2.05) is 12.1 Å². The maximum atomic E-state index is 13.4. The Hall–Kier alpha value is -2.83. The first-order valence-electron chi connectivity index (χ1n) is 10.4. The second-order valence-electron chi connectivity index (χ2n) is 7.89. The number of nitrogens with one attached hydrogen (secondary N) is 2. The maximum absolute atomic E-state index is 13.4. The molecule has 2 aromatic heterocycles. The molecular formula is C24H24FN4S+. The number of aromatic nitrogens is 2. The van der Waals surface area contributed by atoms with Crippen molar-refractivity contribution < 1.29 is 9.29 Å². The SMILES string of the molecule is Fc1ccc(-c2csc3ncnc(NC4CC[NH+](Cc5ccccc5)CC4)c23)cc1. The molecule has 0 atom stereocenters. The van der Waals surface area contributed by atoms with Crippen LogP contribution in [-0.2, 0) is 6.54 Å². The second-order valence-corrected chi connectivity index (χ2v) is 8.75. The van der Waals surface area contributed by atoms with Gasteiger partial charge in [-0.05, 0) is 17.7 Å². The molecule has 1 aliphatic heterocycles. The van der Waals surface area contributed by atoms with E-state index in [9.17, 15) is 4.39 Å². The van der Waals surface area contributed by atoms with Crippen molar-refractivity contribution in [3.63, 3.8) is 0 Å². The van der Waals surface area contributed by atoms with Crippen molar-refractivity contribution in [3.8, 4) is 11.1 Å². The number of hydrogen-bond acceptors (Lipinski definition) is 4. The van der Waals surface area contributed by atoms with Gasteiger partial charge in [-0.1, -0.05) is 42.5 Å². The summed E-state index contributed by atoms with van der Waals surface area (Å²) >= 11 is 1.60. The van der Waals surface area contributed by atoms with Gasteiger partial charge >= 0.3 is 0 Å². The summed E-state index contributed by atoms with van der Waals surface area (Å²) in [6.45, 7) is 3.38. The molecule has 0 radical (unpaired) electrons. The van der Waals surface area contributed by atoms with Crippen LogP contribution in [-0.4, -0.2) is 29.1 Å². The Morgan fingerprint density at radius 1 is 1.00 bits per heavy atom. The van der Waals surface area contributed by atoms with Crippen LogP contribution in [0.1, 0.15) is 18.4 Å². The Kier molecular flexibility index (Phi) is 5.43. The van der Waals surface area contributed by atoms with Gasteiger partial charge in [0, 0.05) is 35.4 Å². The van der Waals surface area contributed by atoms with Crippen LogP contribution in [0.3, 0.4) is 0 Å². The lowest BCUT2D eigenvalue weighted by atomic mass is 10.0. The van der Waals surface area contributed by atoms with E-state index in [0.717, 1.165) is 59.6 Å². The highest BCUT2D eigenvalue weighted by Crippen LogP contribution is 2.36. The number of benzene rings is 2. The average Bonchev–Trinajstić information content (AvgIpc) is 3.22. The van der Waals surface area contributed by atoms with Crippen LogP contribution >= 0.6 is 11.3 Å². The quantitative estimate of drug-likeness (QED) is 0.511. The molecule has 3 heterocycles. The summed E-state index contributed by atoms with van der Waals surface area (Å²) in [5, 5.41) is 6.81. The molecule has 4 aromatic rings. The first-order chi connectivity index (χ1) is 14.8. The van der Waals surface area contributed by atoms with Gasteiger partial charge in [0.1, 0.15) is 29.3 Å². The van der Waals surface area contributed by atoms with Crippen molar-refractivity contribution in [2.75, 3.05) is 18.4 Å². The Labute approximate surface area is 179 Å². The van der Waals surface area contributed by atoms with E-state index in [4.69, 9.17) is 0 Å². The Morgan fingerprint density at radius 2 is 1.77 bits per heavy atom. The normalized spacial score (nSPS) is 19.1. The number of nitrogens with zero attached hydrogens (tertiary/aromatic N) is 2. The number of fused-ring (bicyclic) bond motifs is 1. The number of piperidine rings is 1. The third-order valence-electron chi connectivity index (χ3n) is 5.86. The van der Waals surface area contributed by atoms with E-state index >= 15 is 0 Å². The summed E-state index contributed by atoms with van der Waals surface area (Å²) < 4.78 is 13.4. The van der Waals surface area contributed by atoms with Crippen LogP contribution in [0.5, 0.6) is 0 Å². The molecule has 0 amide bonds. The minimum absolute atomic E-state index is 0.224. The summed E-state index contributed by atoms with van der Waals surface area (Å²) in [6.07, 6.45) is 3.86. The predicted molar refractivity (Wildman–Crippen MR) is 120 cm³/mol. The van der Waals surface area contributed by atoms with Gasteiger partial charge in [-0.15, -0.1) is 11.3 Å². The lowest BCUT2D eigenvalue weighted by Gasteiger charge is -2.30. The molecule has 0 unspecified atom stereocenters. The molecule has 0 aliphatic carbocycles. The number of likely N-dealkylation sites (tertiary alicyclic amines) is 1. The fraction of sp³-hybridized carbons (Fsp3) is 0.250. The zero-order valence-electron chi connectivity index (χ0n) is 16.6. The maximum Gasteiger partial charge on any atom is 0.139 e. The predicted octanol–water partition coefficient (Wildman–Crippen LogP) is 4.16. The average molecular weight is 420 g/mol. The van der Waals surface area contributed by atoms with Gasteiger partial charge in [-0.3, -0.25) is 0 Å². The van der Waals surface area contributed by atoms with Crippen molar-refractivity contribution >= 4 is 27.4 Å². The lowest BCUT2D eigenvalue weighted by Crippen LogP contribution is -3.12. The lowest BCUT2D eigenvalue weighted by molar-refractivity contribution is -0.918. The smallest absolute Gasteiger partial charge is 0.139 e. The highest BCUT2D eigenvalue weighted by atomic mass is 32.1. The number of quaternary nitrogens is 1. The van der Waals surface area contributed by atoms with Crippen molar-refractivity contribution in [2.45, 2.75) is 25.4 Å². The van der Waals surface area contributed by atoms with Crippen molar-refractivity contribution in [3.05, 3.63) is 77.7 Å². The zero-order chi connectivity index (χ0) is 20.3. The molecule has 30 heavy (non-hydrogen) atoms. The molecule has 1 aliphatic rings. The molecule has 2 N–H and O–H groups in total. The zero-order valence-corrected chi connectivity index (χ0v) is 17.5. The largest absolute Gasteiger partial charge is 0.366 e. The first kappa shape index (κ1) is 19.2. The molecule has 152 valence electrons. The Bertz CT molecular complexity index is 1120. The fourth-order valence-electron chi connectivity index (χ4n) is 4.25. The summed E-state index contributed by atoms with van der Waals surface area (Å²) in [5.74, 6) is 0.662. The summed E-state index contributed by atoms with van der Waals surface area (Å²) in [5.41, 5.74) is 3.45. The van der Waals surface area contributed by atoms with Crippen LogP contribution in [0.4, 0.5) is 10.2 Å². The molecular weight excluding hydrogens is 395 g/mol. The van der Waals surface area contributed by atoms with Gasteiger partial charge < -0.3 is 10.2 Å². The molecule has 0 spiro atoms. The summed E-state index contributed by atoms with van der Waals surface area (Å²) in [6, 6.07) is 17.8. The van der Waals surface area contributed by atoms with Gasteiger partial charge in [0.15, 0.2) is 0 Å². The third kappa shape index (κ3) is 4.06. The van der Waals surface area contributed by atoms with E-state index in [-0.39, 0.29) is 5.82 Å².